The molecule has 2 aromatic rings. The van der Waals surface area contributed by atoms with Crippen LogP contribution in [-0.2, 0) is 11.8 Å². The Balaban J connectivity index is 2.36. The van der Waals surface area contributed by atoms with Crippen molar-refractivity contribution in [3.63, 3.8) is 0 Å². The highest BCUT2D eigenvalue weighted by molar-refractivity contribution is 6.46. The molecule has 0 aliphatic carbocycles. The standard InChI is InChI=1S/C15H9ClFN3O4/c1-20-6-9(13(21)15(23)24)11(16)12(20)14(22)19-8-2-3-10(17)7(4-8)5-18/h2-4,6H,1H3,(H,19,22)(H,23,24). The van der Waals surface area contributed by atoms with Gasteiger partial charge in [-0.25, -0.2) is 9.18 Å². The summed E-state index contributed by atoms with van der Waals surface area (Å²) in [4.78, 5) is 34.6. The molecule has 1 aromatic heterocycles. The van der Waals surface area contributed by atoms with Crippen LogP contribution in [0.5, 0.6) is 0 Å². The summed E-state index contributed by atoms with van der Waals surface area (Å²) < 4.78 is 14.5. The van der Waals surface area contributed by atoms with Gasteiger partial charge < -0.3 is 15.0 Å². The molecule has 1 heterocycles. The maximum atomic E-state index is 13.3. The van der Waals surface area contributed by atoms with Crippen molar-refractivity contribution in [2.45, 2.75) is 0 Å². The molecule has 2 N–H and O–H groups in total. The fraction of sp³-hybridized carbons (Fsp3) is 0.0667. The molecule has 0 bridgehead atoms. The molecule has 0 atom stereocenters. The molecule has 1 amide bonds. The van der Waals surface area contributed by atoms with Crippen LogP contribution in [0.1, 0.15) is 26.4 Å². The number of hydrogen-bond donors (Lipinski definition) is 2. The molecule has 0 aliphatic heterocycles. The summed E-state index contributed by atoms with van der Waals surface area (Å²) in [6.45, 7) is 0. The number of carboxylic acids is 1. The number of nitriles is 1. The van der Waals surface area contributed by atoms with E-state index in [9.17, 15) is 18.8 Å². The first-order valence-corrected chi connectivity index (χ1v) is 6.77. The van der Waals surface area contributed by atoms with Crippen LogP contribution in [-0.4, -0.2) is 27.3 Å². The van der Waals surface area contributed by atoms with E-state index in [1.54, 1.807) is 6.07 Å². The largest absolute Gasteiger partial charge is 0.475 e. The van der Waals surface area contributed by atoms with E-state index >= 15 is 0 Å². The minimum Gasteiger partial charge on any atom is -0.475 e. The summed E-state index contributed by atoms with van der Waals surface area (Å²) in [6.07, 6.45) is 1.12. The SMILES string of the molecule is Cn1cc(C(=O)C(=O)O)c(Cl)c1C(=O)Nc1ccc(F)c(C#N)c1. The van der Waals surface area contributed by atoms with Gasteiger partial charge in [0.25, 0.3) is 11.7 Å². The molecule has 0 radical (unpaired) electrons. The van der Waals surface area contributed by atoms with E-state index in [2.05, 4.69) is 5.32 Å². The Morgan fingerprint density at radius 2 is 2.04 bits per heavy atom. The van der Waals surface area contributed by atoms with Crippen LogP contribution in [0, 0.1) is 17.1 Å². The predicted molar refractivity (Wildman–Crippen MR) is 81.5 cm³/mol. The Bertz CT molecular complexity index is 914. The summed E-state index contributed by atoms with van der Waals surface area (Å²) in [6, 6.07) is 5.03. The summed E-state index contributed by atoms with van der Waals surface area (Å²) in [7, 11) is 1.41. The monoisotopic (exact) mass is 349 g/mol. The smallest absolute Gasteiger partial charge is 0.377 e. The van der Waals surface area contributed by atoms with Crippen molar-refractivity contribution in [1.82, 2.24) is 4.57 Å². The number of Topliss-reactive ketones (excluding diaryl/α,β-unsaturated/α-hetero) is 1. The van der Waals surface area contributed by atoms with Gasteiger partial charge >= 0.3 is 5.97 Å². The van der Waals surface area contributed by atoms with E-state index in [-0.39, 0.29) is 27.5 Å². The first-order chi connectivity index (χ1) is 11.3. The Hall–Kier alpha value is -3.18. The third-order valence-electron chi connectivity index (χ3n) is 3.12. The van der Waals surface area contributed by atoms with Crippen molar-refractivity contribution >= 4 is 34.9 Å². The lowest BCUT2D eigenvalue weighted by Crippen LogP contribution is -2.16. The zero-order valence-corrected chi connectivity index (χ0v) is 12.9. The van der Waals surface area contributed by atoms with Gasteiger partial charge in [-0.3, -0.25) is 9.59 Å². The molecular weight excluding hydrogens is 341 g/mol. The highest BCUT2D eigenvalue weighted by Crippen LogP contribution is 2.25. The Morgan fingerprint density at radius 3 is 2.62 bits per heavy atom. The number of carboxylic acid groups (broad SMARTS) is 1. The summed E-state index contributed by atoms with van der Waals surface area (Å²) in [5, 5.41) is 19.6. The molecule has 0 unspecified atom stereocenters. The Kier molecular flexibility index (Phi) is 4.66. The van der Waals surface area contributed by atoms with E-state index < -0.39 is 23.5 Å². The number of aliphatic carboxylic acids is 1. The van der Waals surface area contributed by atoms with E-state index in [0.29, 0.717) is 0 Å². The van der Waals surface area contributed by atoms with Crippen LogP contribution < -0.4 is 5.32 Å². The second-order valence-electron chi connectivity index (χ2n) is 4.71. The number of rotatable bonds is 4. The number of nitrogens with zero attached hydrogens (tertiary/aromatic N) is 2. The van der Waals surface area contributed by atoms with Gasteiger partial charge in [0, 0.05) is 18.9 Å². The van der Waals surface area contributed by atoms with Gasteiger partial charge in [-0.15, -0.1) is 0 Å². The van der Waals surface area contributed by atoms with Crippen LogP contribution in [0.25, 0.3) is 0 Å². The number of ketones is 1. The van der Waals surface area contributed by atoms with Gasteiger partial charge in [-0.05, 0) is 18.2 Å². The molecule has 0 saturated carbocycles. The lowest BCUT2D eigenvalue weighted by molar-refractivity contribution is -0.131. The average molecular weight is 350 g/mol. The number of anilines is 1. The summed E-state index contributed by atoms with van der Waals surface area (Å²) in [5.41, 5.74) is -0.591. The molecule has 122 valence electrons. The second kappa shape index (κ2) is 6.52. The number of carbonyl (C=O) groups excluding carboxylic acids is 2. The van der Waals surface area contributed by atoms with Crippen LogP contribution >= 0.6 is 11.6 Å². The highest BCUT2D eigenvalue weighted by atomic mass is 35.5. The molecule has 0 spiro atoms. The number of carbonyl (C=O) groups is 3. The van der Waals surface area contributed by atoms with Crippen molar-refractivity contribution in [1.29, 1.82) is 5.26 Å². The van der Waals surface area contributed by atoms with Crippen LogP contribution in [0.4, 0.5) is 10.1 Å². The van der Waals surface area contributed by atoms with Crippen molar-refractivity contribution in [3.05, 3.63) is 52.1 Å². The van der Waals surface area contributed by atoms with Gasteiger partial charge in [-0.2, -0.15) is 5.26 Å². The zero-order chi connectivity index (χ0) is 18.0. The van der Waals surface area contributed by atoms with E-state index in [1.807, 2.05) is 0 Å². The molecule has 0 aliphatic rings. The summed E-state index contributed by atoms with van der Waals surface area (Å²) >= 11 is 5.94. The number of aryl methyl sites for hydroxylation is 1. The average Bonchev–Trinajstić information content (AvgIpc) is 2.82. The highest BCUT2D eigenvalue weighted by Gasteiger charge is 2.26. The molecule has 9 heteroatoms. The fourth-order valence-corrected chi connectivity index (χ4v) is 2.36. The first-order valence-electron chi connectivity index (χ1n) is 6.39. The molecule has 2 rings (SSSR count). The minimum atomic E-state index is -1.70. The van der Waals surface area contributed by atoms with Crippen molar-refractivity contribution < 1.29 is 23.9 Å². The Morgan fingerprint density at radius 1 is 1.38 bits per heavy atom. The van der Waals surface area contributed by atoms with Gasteiger partial charge in [0.2, 0.25) is 0 Å². The predicted octanol–water partition coefficient (Wildman–Crippen LogP) is 2.21. The van der Waals surface area contributed by atoms with Crippen LogP contribution in [0.3, 0.4) is 0 Å². The molecule has 1 aromatic carbocycles. The molecule has 0 fully saturated rings. The maximum absolute atomic E-state index is 13.3. The molecular formula is C15H9ClFN3O4. The van der Waals surface area contributed by atoms with E-state index in [4.69, 9.17) is 22.0 Å². The lowest BCUT2D eigenvalue weighted by atomic mass is 10.2. The normalized spacial score (nSPS) is 10.1. The molecule has 0 saturated heterocycles. The number of aromatic nitrogens is 1. The lowest BCUT2D eigenvalue weighted by Gasteiger charge is -2.07. The second-order valence-corrected chi connectivity index (χ2v) is 5.09. The number of nitrogens with one attached hydrogen (secondary N) is 1. The Labute approximate surface area is 139 Å². The van der Waals surface area contributed by atoms with Gasteiger partial charge in [-0.1, -0.05) is 11.6 Å². The van der Waals surface area contributed by atoms with Crippen molar-refractivity contribution in [2.75, 3.05) is 5.32 Å². The van der Waals surface area contributed by atoms with Crippen LogP contribution in [0.15, 0.2) is 24.4 Å². The maximum Gasteiger partial charge on any atom is 0.377 e. The number of amides is 1. The van der Waals surface area contributed by atoms with Crippen molar-refractivity contribution in [3.8, 4) is 6.07 Å². The first kappa shape index (κ1) is 17.2. The van der Waals surface area contributed by atoms with E-state index in [0.717, 1.165) is 18.3 Å². The fourth-order valence-electron chi connectivity index (χ4n) is 2.01. The number of hydrogen-bond acceptors (Lipinski definition) is 4. The van der Waals surface area contributed by atoms with Gasteiger partial charge in [0.15, 0.2) is 0 Å². The molecule has 7 nitrogen and oxygen atoms in total. The number of halogens is 2. The topological polar surface area (TPSA) is 112 Å². The summed E-state index contributed by atoms with van der Waals surface area (Å²) in [5.74, 6) is -4.43. The van der Waals surface area contributed by atoms with Crippen molar-refractivity contribution in [2.24, 2.45) is 7.05 Å². The van der Waals surface area contributed by atoms with Gasteiger partial charge in [0.05, 0.1) is 16.1 Å². The van der Waals surface area contributed by atoms with E-state index in [1.165, 1.54) is 17.7 Å². The minimum absolute atomic E-state index is 0.140. The van der Waals surface area contributed by atoms with Gasteiger partial charge in [0.1, 0.15) is 17.6 Å². The zero-order valence-electron chi connectivity index (χ0n) is 12.1. The number of benzene rings is 1. The third-order valence-corrected chi connectivity index (χ3v) is 3.50. The quantitative estimate of drug-likeness (QED) is 0.649. The third kappa shape index (κ3) is 3.11. The van der Waals surface area contributed by atoms with Crippen LogP contribution in [0.2, 0.25) is 5.02 Å². The molecule has 24 heavy (non-hydrogen) atoms.